The summed E-state index contributed by atoms with van der Waals surface area (Å²) in [4.78, 5) is 0. The van der Waals surface area contributed by atoms with Crippen molar-refractivity contribution in [1.29, 1.82) is 0 Å². The molecule has 0 aliphatic carbocycles. The van der Waals surface area contributed by atoms with Gasteiger partial charge in [-0.2, -0.15) is 0 Å². The summed E-state index contributed by atoms with van der Waals surface area (Å²) in [6.07, 6.45) is 3.32. The van der Waals surface area contributed by atoms with Gasteiger partial charge in [0.15, 0.2) is 6.20 Å². The number of hydrogen-bond acceptors (Lipinski definition) is 0. The SMILES string of the molecule is Cc1cc2c(cc1-c1cc(CC(C)(C)C)cc[n+]1C)B(c1c(C(C)C)cccc1C(C)C)c1ccccc1B2c1c(C(C)C)cccc1C(C)C. The zero-order valence-electron chi connectivity index (χ0n) is 33.8. The summed E-state index contributed by atoms with van der Waals surface area (Å²) >= 11 is 0. The second-order valence-electron chi connectivity index (χ2n) is 17.9. The summed E-state index contributed by atoms with van der Waals surface area (Å²) in [5.41, 5.74) is 20.3. The minimum atomic E-state index is 0.138. The van der Waals surface area contributed by atoms with Crippen LogP contribution in [0.5, 0.6) is 0 Å². The molecule has 51 heavy (non-hydrogen) atoms. The van der Waals surface area contributed by atoms with Gasteiger partial charge >= 0.3 is 0 Å². The van der Waals surface area contributed by atoms with Gasteiger partial charge < -0.3 is 0 Å². The van der Waals surface area contributed by atoms with Crippen LogP contribution in [0.25, 0.3) is 11.3 Å². The molecule has 0 spiro atoms. The van der Waals surface area contributed by atoms with Crippen molar-refractivity contribution in [1.82, 2.24) is 0 Å². The molecular formula is C48H60B2N+. The first kappa shape index (κ1) is 36.9. The average molecular weight is 673 g/mol. The van der Waals surface area contributed by atoms with Gasteiger partial charge in [0.1, 0.15) is 7.05 Å². The Kier molecular flexibility index (Phi) is 10.4. The summed E-state index contributed by atoms with van der Waals surface area (Å²) in [5.74, 6) is 1.67. The number of hydrogen-bond donors (Lipinski definition) is 0. The lowest BCUT2D eigenvalue weighted by atomic mass is 9.20. The van der Waals surface area contributed by atoms with Crippen molar-refractivity contribution in [2.24, 2.45) is 12.5 Å². The summed E-state index contributed by atoms with van der Waals surface area (Å²) in [6.45, 7) is 28.6. The predicted molar refractivity (Wildman–Crippen MR) is 226 cm³/mol. The average Bonchev–Trinajstić information content (AvgIpc) is 3.06. The van der Waals surface area contributed by atoms with E-state index in [9.17, 15) is 0 Å². The predicted octanol–water partition coefficient (Wildman–Crippen LogP) is 7.91. The van der Waals surface area contributed by atoms with Crippen molar-refractivity contribution >= 4 is 46.2 Å². The van der Waals surface area contributed by atoms with Gasteiger partial charge in [-0.25, -0.2) is 4.57 Å². The molecule has 3 heteroatoms. The van der Waals surface area contributed by atoms with Crippen LogP contribution < -0.4 is 37.3 Å². The van der Waals surface area contributed by atoms with Gasteiger partial charge in [0, 0.05) is 17.7 Å². The number of fused-ring (bicyclic) bond motifs is 2. The van der Waals surface area contributed by atoms with Crippen molar-refractivity contribution in [3.63, 3.8) is 0 Å². The maximum absolute atomic E-state index is 2.61. The fraction of sp³-hybridized carbons (Fsp3) is 0.396. The van der Waals surface area contributed by atoms with Crippen LogP contribution >= 0.6 is 0 Å². The highest BCUT2D eigenvalue weighted by atomic mass is 14.9. The monoisotopic (exact) mass is 672 g/mol. The van der Waals surface area contributed by atoms with Crippen LogP contribution in [-0.4, -0.2) is 13.4 Å². The molecule has 0 fully saturated rings. The van der Waals surface area contributed by atoms with Crippen LogP contribution in [0.1, 0.15) is 133 Å². The lowest BCUT2D eigenvalue weighted by molar-refractivity contribution is -0.660. The highest BCUT2D eigenvalue weighted by molar-refractivity contribution is 7.11. The first-order valence-corrected chi connectivity index (χ1v) is 19.6. The smallest absolute Gasteiger partial charge is 0.201 e. The zero-order chi connectivity index (χ0) is 36.9. The molecule has 5 aromatic rings. The van der Waals surface area contributed by atoms with Gasteiger partial charge in [0.25, 0.3) is 0 Å². The van der Waals surface area contributed by atoms with E-state index in [2.05, 4.69) is 186 Å². The number of pyridine rings is 1. The largest absolute Gasteiger partial charge is 0.240 e. The minimum absolute atomic E-state index is 0.138. The molecule has 0 atom stereocenters. The fourth-order valence-electron chi connectivity index (χ4n) is 9.00. The van der Waals surface area contributed by atoms with E-state index in [0.29, 0.717) is 23.7 Å². The molecule has 0 bridgehead atoms. The van der Waals surface area contributed by atoms with Crippen molar-refractivity contribution in [3.8, 4) is 11.3 Å². The lowest BCUT2D eigenvalue weighted by Gasteiger charge is -2.37. The Morgan fingerprint density at radius 2 is 0.980 bits per heavy atom. The molecule has 0 amide bonds. The van der Waals surface area contributed by atoms with Gasteiger partial charge in [-0.1, -0.05) is 182 Å². The molecule has 1 aromatic heterocycles. The summed E-state index contributed by atoms with van der Waals surface area (Å²) in [7, 11) is 2.21. The first-order valence-electron chi connectivity index (χ1n) is 19.6. The Balaban J connectivity index is 1.76. The third-order valence-corrected chi connectivity index (χ3v) is 11.3. The topological polar surface area (TPSA) is 3.88 Å². The summed E-state index contributed by atoms with van der Waals surface area (Å²) < 4.78 is 2.33. The Labute approximate surface area is 311 Å². The maximum Gasteiger partial charge on any atom is 0.240 e. The number of nitrogens with zero attached hydrogens (tertiary/aromatic N) is 1. The van der Waals surface area contributed by atoms with Crippen molar-refractivity contribution < 1.29 is 4.57 Å². The normalized spacial score (nSPS) is 13.1. The number of aromatic nitrogens is 1. The Morgan fingerprint density at radius 1 is 0.549 bits per heavy atom. The maximum atomic E-state index is 2.61. The van der Waals surface area contributed by atoms with E-state index in [1.165, 1.54) is 77.4 Å². The number of rotatable bonds is 8. The molecule has 1 aliphatic heterocycles. The van der Waals surface area contributed by atoms with Crippen LogP contribution in [0.15, 0.2) is 91.1 Å². The summed E-state index contributed by atoms with van der Waals surface area (Å²) in [5, 5.41) is 0. The molecule has 6 rings (SSSR count). The quantitative estimate of drug-likeness (QED) is 0.114. The standard InChI is InChI=1S/C48H60B2N/c1-30(2)36-18-16-19-37(31(3)4)46(36)49-41-22-14-15-23-42(41)50(47-38(32(5)6)20-17-21-39(47)33(7)8)44-28-40(34(9)26-43(44)49)45-27-35(24-25-51(45)13)29-48(10,11)12/h14-28,30-33H,29H2,1-13H3/q+1. The molecule has 0 saturated heterocycles. The van der Waals surface area contributed by atoms with E-state index in [0.717, 1.165) is 6.42 Å². The lowest BCUT2D eigenvalue weighted by Crippen LogP contribution is -2.76. The highest BCUT2D eigenvalue weighted by Gasteiger charge is 2.43. The molecule has 2 heterocycles. The molecular weight excluding hydrogens is 612 g/mol. The zero-order valence-corrected chi connectivity index (χ0v) is 33.8. The third-order valence-electron chi connectivity index (χ3n) is 11.3. The molecule has 4 aromatic carbocycles. The van der Waals surface area contributed by atoms with Gasteiger partial charge in [-0.3, -0.25) is 0 Å². The first-order chi connectivity index (χ1) is 24.1. The van der Waals surface area contributed by atoms with Crippen LogP contribution in [0.2, 0.25) is 0 Å². The molecule has 1 nitrogen and oxygen atoms in total. The second kappa shape index (κ2) is 14.3. The second-order valence-corrected chi connectivity index (χ2v) is 17.9. The van der Waals surface area contributed by atoms with Gasteiger partial charge in [0.05, 0.1) is 0 Å². The molecule has 0 radical (unpaired) electrons. The van der Waals surface area contributed by atoms with E-state index in [4.69, 9.17) is 0 Å². The van der Waals surface area contributed by atoms with E-state index >= 15 is 0 Å². The Morgan fingerprint density at radius 3 is 1.39 bits per heavy atom. The van der Waals surface area contributed by atoms with Crippen molar-refractivity contribution in [3.05, 3.63) is 125 Å². The van der Waals surface area contributed by atoms with Crippen molar-refractivity contribution in [2.75, 3.05) is 0 Å². The van der Waals surface area contributed by atoms with Gasteiger partial charge in [0.2, 0.25) is 19.1 Å². The van der Waals surface area contributed by atoms with E-state index in [1.54, 1.807) is 0 Å². The number of benzene rings is 4. The highest BCUT2D eigenvalue weighted by Crippen LogP contribution is 2.27. The fourth-order valence-corrected chi connectivity index (χ4v) is 9.00. The van der Waals surface area contributed by atoms with E-state index < -0.39 is 0 Å². The Bertz CT molecular complexity index is 2010. The van der Waals surface area contributed by atoms with Gasteiger partial charge in [-0.05, 0) is 75.8 Å². The van der Waals surface area contributed by atoms with Crippen molar-refractivity contribution in [2.45, 2.75) is 113 Å². The van der Waals surface area contributed by atoms with Gasteiger partial charge in [-0.15, -0.1) is 0 Å². The third kappa shape index (κ3) is 7.03. The Hall–Kier alpha value is -3.84. The summed E-state index contributed by atoms with van der Waals surface area (Å²) in [6, 6.07) is 33.6. The van der Waals surface area contributed by atoms with Crippen LogP contribution in [0, 0.1) is 12.3 Å². The number of aryl methyl sites for hydroxylation is 2. The van der Waals surface area contributed by atoms with Crippen LogP contribution in [0.3, 0.4) is 0 Å². The van der Waals surface area contributed by atoms with Crippen LogP contribution in [0.4, 0.5) is 0 Å². The van der Waals surface area contributed by atoms with E-state index in [1.807, 2.05) is 0 Å². The minimum Gasteiger partial charge on any atom is -0.201 e. The van der Waals surface area contributed by atoms with Crippen LogP contribution in [-0.2, 0) is 13.5 Å². The molecule has 262 valence electrons. The van der Waals surface area contributed by atoms with E-state index in [-0.39, 0.29) is 18.8 Å². The molecule has 0 unspecified atom stereocenters. The molecule has 1 aliphatic rings. The molecule has 0 saturated carbocycles. The molecule has 0 N–H and O–H groups in total.